The number of likely N-dealkylation sites (tertiary alicyclic amines) is 1. The SMILES string of the molecule is CN1CC2(CC(/C=C/c3c(-c4c(Cl)cncc4Cl)noc3C3CC3)C2)C1. The first-order valence-electron chi connectivity index (χ1n) is 9.20. The van der Waals surface area contributed by atoms with Crippen LogP contribution >= 0.6 is 23.2 Å². The third-order valence-electron chi connectivity index (χ3n) is 5.93. The quantitative estimate of drug-likeness (QED) is 0.713. The smallest absolute Gasteiger partial charge is 0.147 e. The molecule has 0 N–H and O–H groups in total. The number of rotatable bonds is 4. The zero-order valence-corrected chi connectivity index (χ0v) is 16.2. The van der Waals surface area contributed by atoms with E-state index >= 15 is 0 Å². The highest BCUT2D eigenvalue weighted by Gasteiger charge is 2.50. The number of pyridine rings is 1. The van der Waals surface area contributed by atoms with Crippen LogP contribution in [0.1, 0.15) is 42.9 Å². The highest BCUT2D eigenvalue weighted by atomic mass is 35.5. The number of aromatic nitrogens is 2. The van der Waals surface area contributed by atoms with Gasteiger partial charge in [0.05, 0.1) is 10.0 Å². The van der Waals surface area contributed by atoms with E-state index < -0.39 is 0 Å². The van der Waals surface area contributed by atoms with E-state index in [0.29, 0.717) is 32.9 Å². The molecule has 2 aromatic heterocycles. The molecule has 26 heavy (non-hydrogen) atoms. The van der Waals surface area contributed by atoms with Crippen molar-refractivity contribution >= 4 is 29.3 Å². The van der Waals surface area contributed by atoms with Crippen LogP contribution in [0.3, 0.4) is 0 Å². The third kappa shape index (κ3) is 2.79. The Morgan fingerprint density at radius 1 is 1.19 bits per heavy atom. The Morgan fingerprint density at radius 2 is 1.88 bits per heavy atom. The van der Waals surface area contributed by atoms with E-state index in [1.807, 2.05) is 0 Å². The van der Waals surface area contributed by atoms with Crippen molar-refractivity contribution in [1.82, 2.24) is 15.0 Å². The predicted molar refractivity (Wildman–Crippen MR) is 103 cm³/mol. The predicted octanol–water partition coefficient (Wildman–Crippen LogP) is 5.28. The van der Waals surface area contributed by atoms with Gasteiger partial charge in [-0.2, -0.15) is 0 Å². The van der Waals surface area contributed by atoms with Crippen LogP contribution < -0.4 is 0 Å². The molecule has 0 aromatic carbocycles. The Kier molecular flexibility index (Phi) is 3.93. The molecule has 1 aliphatic heterocycles. The minimum Gasteiger partial charge on any atom is -0.360 e. The summed E-state index contributed by atoms with van der Waals surface area (Å²) in [5.41, 5.74) is 3.06. The average molecular weight is 390 g/mol. The van der Waals surface area contributed by atoms with Gasteiger partial charge in [0.1, 0.15) is 11.5 Å². The lowest BCUT2D eigenvalue weighted by molar-refractivity contribution is -0.0674. The number of hydrogen-bond donors (Lipinski definition) is 0. The molecular weight excluding hydrogens is 369 g/mol. The van der Waals surface area contributed by atoms with Crippen molar-refractivity contribution < 1.29 is 4.52 Å². The van der Waals surface area contributed by atoms with Crippen molar-refractivity contribution in [2.24, 2.45) is 11.3 Å². The maximum atomic E-state index is 6.36. The topological polar surface area (TPSA) is 42.2 Å². The lowest BCUT2D eigenvalue weighted by atomic mass is 9.58. The van der Waals surface area contributed by atoms with E-state index in [4.69, 9.17) is 27.7 Å². The lowest BCUT2D eigenvalue weighted by Gasteiger charge is -2.58. The normalized spacial score (nSPS) is 22.7. The monoisotopic (exact) mass is 389 g/mol. The van der Waals surface area contributed by atoms with Gasteiger partial charge >= 0.3 is 0 Å². The number of nitrogens with zero attached hydrogens (tertiary/aromatic N) is 3. The summed E-state index contributed by atoms with van der Waals surface area (Å²) in [4.78, 5) is 6.44. The van der Waals surface area contributed by atoms with E-state index in [9.17, 15) is 0 Å². The first kappa shape index (κ1) is 16.8. The van der Waals surface area contributed by atoms with Gasteiger partial charge in [0.2, 0.25) is 0 Å². The molecule has 0 unspecified atom stereocenters. The van der Waals surface area contributed by atoms with Gasteiger partial charge in [-0.1, -0.05) is 40.5 Å². The largest absolute Gasteiger partial charge is 0.360 e. The fourth-order valence-electron chi connectivity index (χ4n) is 4.71. The molecule has 0 atom stereocenters. The second-order valence-corrected chi connectivity index (χ2v) is 9.08. The molecule has 0 amide bonds. The molecule has 0 radical (unpaired) electrons. The van der Waals surface area contributed by atoms with Crippen molar-refractivity contribution in [3.63, 3.8) is 0 Å². The zero-order chi connectivity index (χ0) is 17.9. The average Bonchev–Trinajstić information content (AvgIpc) is 3.30. The summed E-state index contributed by atoms with van der Waals surface area (Å²) in [5.74, 6) is 2.09. The standard InChI is InChI=1S/C20H21Cl2N3O/c1-25-10-20(11-25)6-12(7-20)2-5-14-18(24-26-19(14)13-3-4-13)17-15(21)8-23-9-16(17)22/h2,5,8-9,12-13H,3-4,6-7,10-11H2,1H3/b5-2+. The lowest BCUT2D eigenvalue weighted by Crippen LogP contribution is -2.60. The van der Waals surface area contributed by atoms with Crippen LogP contribution in [0.4, 0.5) is 0 Å². The fourth-order valence-corrected chi connectivity index (χ4v) is 5.25. The van der Waals surface area contributed by atoms with Gasteiger partial charge in [-0.15, -0.1) is 0 Å². The maximum absolute atomic E-state index is 6.36. The molecule has 2 saturated carbocycles. The summed E-state index contributed by atoms with van der Waals surface area (Å²) in [7, 11) is 2.20. The van der Waals surface area contributed by atoms with Crippen LogP contribution in [0, 0.1) is 11.3 Å². The molecule has 6 heteroatoms. The van der Waals surface area contributed by atoms with Crippen molar-refractivity contribution in [3.05, 3.63) is 39.8 Å². The molecule has 5 rings (SSSR count). The summed E-state index contributed by atoms with van der Waals surface area (Å²) < 4.78 is 5.71. The van der Waals surface area contributed by atoms with Crippen LogP contribution in [0.5, 0.6) is 0 Å². The highest BCUT2D eigenvalue weighted by molar-refractivity contribution is 6.39. The van der Waals surface area contributed by atoms with Gasteiger partial charge in [-0.3, -0.25) is 4.98 Å². The van der Waals surface area contributed by atoms with Gasteiger partial charge in [-0.05, 0) is 44.1 Å². The Bertz CT molecular complexity index is 853. The van der Waals surface area contributed by atoms with Crippen LogP contribution in [-0.2, 0) is 0 Å². The molecule has 2 aromatic rings. The zero-order valence-electron chi connectivity index (χ0n) is 14.7. The van der Waals surface area contributed by atoms with Gasteiger partial charge in [0.25, 0.3) is 0 Å². The molecule has 3 fully saturated rings. The summed E-state index contributed by atoms with van der Waals surface area (Å²) in [6, 6.07) is 0. The van der Waals surface area contributed by atoms with Crippen LogP contribution in [0.2, 0.25) is 10.0 Å². The first-order valence-corrected chi connectivity index (χ1v) is 9.96. The van der Waals surface area contributed by atoms with Crippen LogP contribution in [-0.4, -0.2) is 35.2 Å². The van der Waals surface area contributed by atoms with E-state index in [2.05, 4.69) is 34.2 Å². The van der Waals surface area contributed by atoms with Gasteiger partial charge < -0.3 is 9.42 Å². The van der Waals surface area contributed by atoms with Crippen molar-refractivity contribution in [3.8, 4) is 11.3 Å². The number of hydrogen-bond acceptors (Lipinski definition) is 4. The summed E-state index contributed by atoms with van der Waals surface area (Å²) in [6.45, 7) is 2.48. The summed E-state index contributed by atoms with van der Waals surface area (Å²) in [5, 5.41) is 5.33. The van der Waals surface area contributed by atoms with Crippen LogP contribution in [0.15, 0.2) is 23.0 Å². The second kappa shape index (κ2) is 6.08. The molecule has 2 aliphatic carbocycles. The summed E-state index contributed by atoms with van der Waals surface area (Å²) in [6.07, 6.45) is 12.6. The van der Waals surface area contributed by atoms with E-state index in [1.54, 1.807) is 12.4 Å². The third-order valence-corrected chi connectivity index (χ3v) is 6.50. The molecule has 3 aliphatic rings. The minimum absolute atomic E-state index is 0.475. The Balaban J connectivity index is 1.44. The summed E-state index contributed by atoms with van der Waals surface area (Å²) >= 11 is 12.7. The van der Waals surface area contributed by atoms with Crippen LogP contribution in [0.25, 0.3) is 17.3 Å². The van der Waals surface area contributed by atoms with E-state index in [1.165, 1.54) is 25.9 Å². The second-order valence-electron chi connectivity index (χ2n) is 8.26. The van der Waals surface area contributed by atoms with Gasteiger partial charge in [-0.25, -0.2) is 0 Å². The molecule has 1 spiro atoms. The molecule has 0 bridgehead atoms. The number of allylic oxidation sites excluding steroid dienone is 1. The maximum Gasteiger partial charge on any atom is 0.147 e. The Hall–Kier alpha value is -1.36. The van der Waals surface area contributed by atoms with E-state index in [-0.39, 0.29) is 0 Å². The molecular formula is C20H21Cl2N3O. The first-order chi connectivity index (χ1) is 12.5. The van der Waals surface area contributed by atoms with Crippen molar-refractivity contribution in [2.75, 3.05) is 20.1 Å². The van der Waals surface area contributed by atoms with Gasteiger partial charge in [0.15, 0.2) is 0 Å². The molecule has 4 nitrogen and oxygen atoms in total. The van der Waals surface area contributed by atoms with Crippen molar-refractivity contribution in [2.45, 2.75) is 31.6 Å². The fraction of sp³-hybridized carbons (Fsp3) is 0.500. The Labute approximate surface area is 163 Å². The van der Waals surface area contributed by atoms with E-state index in [0.717, 1.165) is 29.9 Å². The Morgan fingerprint density at radius 3 is 2.50 bits per heavy atom. The molecule has 136 valence electrons. The molecule has 3 heterocycles. The van der Waals surface area contributed by atoms with Gasteiger partial charge in [0, 0.05) is 42.5 Å². The minimum atomic E-state index is 0.475. The number of halogens is 2. The molecule has 1 saturated heterocycles. The highest BCUT2D eigenvalue weighted by Crippen LogP contribution is 2.52. The van der Waals surface area contributed by atoms with Crippen molar-refractivity contribution in [1.29, 1.82) is 0 Å².